The largest absolute Gasteiger partial charge is 0.459 e. The van der Waals surface area contributed by atoms with Gasteiger partial charge in [0.05, 0.1) is 15.9 Å². The Hall–Kier alpha value is -3.82. The topological polar surface area (TPSA) is 137 Å². The van der Waals surface area contributed by atoms with Crippen LogP contribution in [0.4, 0.5) is 17.1 Å². The van der Waals surface area contributed by atoms with E-state index in [4.69, 9.17) is 4.74 Å². The summed E-state index contributed by atoms with van der Waals surface area (Å²) < 4.78 is 4.94. The molecule has 134 valence electrons. The summed E-state index contributed by atoms with van der Waals surface area (Å²) in [5.74, 6) is -0.505. The zero-order valence-electron chi connectivity index (χ0n) is 13.6. The van der Waals surface area contributed by atoms with E-state index in [1.807, 2.05) is 0 Å². The number of nitrogens with one attached hydrogen (secondary N) is 1. The van der Waals surface area contributed by atoms with Crippen molar-refractivity contribution in [2.75, 3.05) is 12.0 Å². The van der Waals surface area contributed by atoms with Gasteiger partial charge in [0.25, 0.3) is 5.69 Å². The molecule has 0 spiro atoms. The number of ether oxygens (including phenoxy) is 1. The predicted molar refractivity (Wildman–Crippen MR) is 93.0 cm³/mol. The molecule has 0 fully saturated rings. The van der Waals surface area contributed by atoms with Gasteiger partial charge < -0.3 is 4.74 Å². The smallest absolute Gasteiger partial charge is 0.303 e. The first-order valence-electron chi connectivity index (χ1n) is 7.32. The fourth-order valence-corrected chi connectivity index (χ4v) is 1.99. The van der Waals surface area contributed by atoms with Gasteiger partial charge in [-0.15, -0.1) is 0 Å². The third kappa shape index (κ3) is 4.84. The molecule has 2 rings (SSSR count). The van der Waals surface area contributed by atoms with E-state index in [2.05, 4.69) is 10.5 Å². The van der Waals surface area contributed by atoms with E-state index in [0.29, 0.717) is 11.3 Å². The molecular weight excluding hydrogens is 344 g/mol. The summed E-state index contributed by atoms with van der Waals surface area (Å²) in [6.07, 6.45) is 0. The van der Waals surface area contributed by atoms with Crippen molar-refractivity contribution >= 4 is 28.7 Å². The van der Waals surface area contributed by atoms with Gasteiger partial charge >= 0.3 is 11.7 Å². The normalized spacial score (nSPS) is 10.9. The van der Waals surface area contributed by atoms with E-state index in [9.17, 15) is 25.0 Å². The second kappa shape index (κ2) is 8.33. The van der Waals surface area contributed by atoms with Crippen molar-refractivity contribution in [2.45, 2.75) is 6.92 Å². The van der Waals surface area contributed by atoms with Crippen LogP contribution in [0.3, 0.4) is 0 Å². The maximum absolute atomic E-state index is 11.2. The molecule has 26 heavy (non-hydrogen) atoms. The minimum atomic E-state index is -0.751. The summed E-state index contributed by atoms with van der Waals surface area (Å²) in [5.41, 5.74) is 2.55. The molecule has 0 amide bonds. The SMILES string of the molecule is CC(=O)OC/C(=N\Nc1ccc([N+](=O)[O-])cc1[N+](=O)[O-])c1ccccc1. The van der Waals surface area contributed by atoms with E-state index in [1.54, 1.807) is 30.3 Å². The summed E-state index contributed by atoms with van der Waals surface area (Å²) in [7, 11) is 0. The first-order valence-corrected chi connectivity index (χ1v) is 7.32. The number of nitrogens with zero attached hydrogens (tertiary/aromatic N) is 3. The number of nitro benzene ring substituents is 2. The second-order valence-electron chi connectivity index (χ2n) is 5.03. The zero-order chi connectivity index (χ0) is 19.1. The van der Waals surface area contributed by atoms with Crippen LogP contribution in [0.5, 0.6) is 0 Å². The van der Waals surface area contributed by atoms with E-state index < -0.39 is 27.2 Å². The molecule has 0 aliphatic rings. The monoisotopic (exact) mass is 358 g/mol. The van der Waals surface area contributed by atoms with E-state index in [1.165, 1.54) is 13.0 Å². The Morgan fingerprint density at radius 3 is 2.38 bits per heavy atom. The molecule has 0 aromatic heterocycles. The van der Waals surface area contributed by atoms with Crippen molar-refractivity contribution < 1.29 is 19.4 Å². The van der Waals surface area contributed by atoms with Gasteiger partial charge in [-0.05, 0) is 6.07 Å². The zero-order valence-corrected chi connectivity index (χ0v) is 13.6. The fraction of sp³-hybridized carbons (Fsp3) is 0.125. The number of non-ortho nitro benzene ring substituents is 1. The van der Waals surface area contributed by atoms with Crippen LogP contribution in [-0.2, 0) is 9.53 Å². The van der Waals surface area contributed by atoms with Crippen molar-refractivity contribution in [3.63, 3.8) is 0 Å². The van der Waals surface area contributed by atoms with Gasteiger partial charge in [0.1, 0.15) is 18.0 Å². The van der Waals surface area contributed by atoms with Crippen LogP contribution in [0.2, 0.25) is 0 Å². The summed E-state index contributed by atoms with van der Waals surface area (Å²) in [5, 5.41) is 26.0. The standard InChI is InChI=1S/C16H14N4O6/c1-11(21)26-10-15(12-5-3-2-4-6-12)18-17-14-8-7-13(19(22)23)9-16(14)20(24)25/h2-9,17H,10H2,1H3/b18-15+. The summed E-state index contributed by atoms with van der Waals surface area (Å²) in [4.78, 5) is 31.5. The molecule has 10 heteroatoms. The molecule has 0 saturated carbocycles. The number of carbonyl (C=O) groups excluding carboxylic acids is 1. The van der Waals surface area contributed by atoms with Crippen molar-refractivity contribution in [1.29, 1.82) is 0 Å². The first-order chi connectivity index (χ1) is 12.4. The number of anilines is 1. The molecule has 1 N–H and O–H groups in total. The van der Waals surface area contributed by atoms with Crippen molar-refractivity contribution in [1.82, 2.24) is 0 Å². The average Bonchev–Trinajstić information content (AvgIpc) is 2.62. The van der Waals surface area contributed by atoms with Crippen LogP contribution in [0.15, 0.2) is 53.6 Å². The summed E-state index contributed by atoms with van der Waals surface area (Å²) >= 11 is 0. The van der Waals surface area contributed by atoms with Gasteiger partial charge in [-0.25, -0.2) is 0 Å². The van der Waals surface area contributed by atoms with Gasteiger partial charge in [0.15, 0.2) is 0 Å². The number of hydrogen-bond donors (Lipinski definition) is 1. The number of hydrogen-bond acceptors (Lipinski definition) is 8. The third-order valence-electron chi connectivity index (χ3n) is 3.22. The van der Waals surface area contributed by atoms with Crippen LogP contribution >= 0.6 is 0 Å². The molecule has 2 aromatic rings. The van der Waals surface area contributed by atoms with Gasteiger partial charge in [-0.3, -0.25) is 30.4 Å². The fourth-order valence-electron chi connectivity index (χ4n) is 1.99. The Morgan fingerprint density at radius 1 is 1.12 bits per heavy atom. The lowest BCUT2D eigenvalue weighted by atomic mass is 10.1. The number of rotatable bonds is 7. The van der Waals surface area contributed by atoms with Crippen LogP contribution < -0.4 is 5.43 Å². The Kier molecular flexibility index (Phi) is 5.93. The molecule has 0 aliphatic carbocycles. The lowest BCUT2D eigenvalue weighted by Gasteiger charge is -2.08. The van der Waals surface area contributed by atoms with Crippen LogP contribution in [-0.4, -0.2) is 28.1 Å². The lowest BCUT2D eigenvalue weighted by Crippen LogP contribution is -2.15. The second-order valence-corrected chi connectivity index (χ2v) is 5.03. The Morgan fingerprint density at radius 2 is 1.81 bits per heavy atom. The van der Waals surface area contributed by atoms with Gasteiger partial charge in [-0.2, -0.15) is 5.10 Å². The predicted octanol–water partition coefficient (Wildman–Crippen LogP) is 2.88. The molecule has 0 atom stereocenters. The third-order valence-corrected chi connectivity index (χ3v) is 3.22. The molecule has 0 aliphatic heterocycles. The highest BCUT2D eigenvalue weighted by Gasteiger charge is 2.19. The molecule has 0 heterocycles. The minimum absolute atomic E-state index is 0.0307. The van der Waals surface area contributed by atoms with Crippen LogP contribution in [0, 0.1) is 20.2 Å². The maximum atomic E-state index is 11.2. The Bertz CT molecular complexity index is 866. The molecule has 0 bridgehead atoms. The average molecular weight is 358 g/mol. The van der Waals surface area contributed by atoms with E-state index in [0.717, 1.165) is 12.1 Å². The van der Waals surface area contributed by atoms with Gasteiger partial charge in [-0.1, -0.05) is 30.3 Å². The minimum Gasteiger partial charge on any atom is -0.459 e. The summed E-state index contributed by atoms with van der Waals surface area (Å²) in [6, 6.07) is 11.9. The highest BCUT2D eigenvalue weighted by molar-refractivity contribution is 6.02. The Balaban J connectivity index is 2.35. The Labute approximate surface area is 147 Å². The van der Waals surface area contributed by atoms with Gasteiger partial charge in [0, 0.05) is 18.6 Å². The number of nitro groups is 2. The maximum Gasteiger partial charge on any atom is 0.303 e. The number of hydrazone groups is 1. The molecular formula is C16H14N4O6. The molecule has 0 saturated heterocycles. The molecule has 0 unspecified atom stereocenters. The molecule has 10 nitrogen and oxygen atoms in total. The highest BCUT2D eigenvalue weighted by Crippen LogP contribution is 2.29. The number of carbonyl (C=O) groups is 1. The summed E-state index contributed by atoms with van der Waals surface area (Å²) in [6.45, 7) is 1.10. The van der Waals surface area contributed by atoms with Crippen molar-refractivity contribution in [2.24, 2.45) is 5.10 Å². The molecule has 2 aromatic carbocycles. The number of benzene rings is 2. The van der Waals surface area contributed by atoms with Gasteiger partial charge in [0.2, 0.25) is 0 Å². The highest BCUT2D eigenvalue weighted by atomic mass is 16.6. The lowest BCUT2D eigenvalue weighted by molar-refractivity contribution is -0.393. The van der Waals surface area contributed by atoms with Crippen molar-refractivity contribution in [3.8, 4) is 0 Å². The number of esters is 1. The first kappa shape index (κ1) is 18.5. The quantitative estimate of drug-likeness (QED) is 0.347. The van der Waals surface area contributed by atoms with Crippen molar-refractivity contribution in [3.05, 3.63) is 74.3 Å². The van der Waals surface area contributed by atoms with Crippen LogP contribution in [0.1, 0.15) is 12.5 Å². The van der Waals surface area contributed by atoms with E-state index in [-0.39, 0.29) is 12.3 Å². The van der Waals surface area contributed by atoms with Crippen LogP contribution in [0.25, 0.3) is 0 Å². The van der Waals surface area contributed by atoms with E-state index >= 15 is 0 Å². The molecule has 0 radical (unpaired) electrons.